The molecule has 1 N–H and O–H groups in total. The molecule has 0 radical (unpaired) electrons. The molecule has 1 heterocycles. The molecular weight excluding hydrogens is 389 g/mol. The van der Waals surface area contributed by atoms with E-state index in [0.717, 1.165) is 9.15 Å². The number of hydrogen-bond acceptors (Lipinski definition) is 3. The summed E-state index contributed by atoms with van der Waals surface area (Å²) >= 11 is 3.33. The average molecular weight is 402 g/mol. The minimum absolute atomic E-state index is 0.0780. The van der Waals surface area contributed by atoms with Crippen molar-refractivity contribution >= 4 is 27.5 Å². The smallest absolute Gasteiger partial charge is 0.276 e. The zero-order chi connectivity index (χ0) is 17.8. The first-order valence-corrected chi connectivity index (χ1v) is 8.20. The van der Waals surface area contributed by atoms with Gasteiger partial charge >= 0.3 is 0 Å². The highest BCUT2D eigenvalue weighted by atomic mass is 79.9. The molecule has 0 aliphatic carbocycles. The van der Waals surface area contributed by atoms with Crippen LogP contribution in [0.1, 0.15) is 16.1 Å². The van der Waals surface area contributed by atoms with Gasteiger partial charge in [-0.3, -0.25) is 9.59 Å². The molecule has 25 heavy (non-hydrogen) atoms. The number of carbonyl (C=O) groups excluding carboxylic acids is 1. The van der Waals surface area contributed by atoms with Crippen LogP contribution in [0.3, 0.4) is 0 Å². The van der Waals surface area contributed by atoms with Gasteiger partial charge in [-0.15, -0.1) is 0 Å². The Morgan fingerprint density at radius 1 is 1.12 bits per heavy atom. The van der Waals surface area contributed by atoms with Crippen molar-refractivity contribution in [2.75, 3.05) is 5.32 Å². The number of hydrogen-bond donors (Lipinski definition) is 1. The van der Waals surface area contributed by atoms with Gasteiger partial charge in [0.1, 0.15) is 11.5 Å². The summed E-state index contributed by atoms with van der Waals surface area (Å²) in [5.41, 5.74) is 0.905. The Balaban J connectivity index is 1.83. The Hall–Kier alpha value is -2.80. The van der Waals surface area contributed by atoms with Crippen LogP contribution in [0.15, 0.2) is 69.9 Å². The topological polar surface area (TPSA) is 64.0 Å². The lowest BCUT2D eigenvalue weighted by molar-refractivity contribution is 0.102. The molecule has 126 valence electrons. The highest BCUT2D eigenvalue weighted by molar-refractivity contribution is 9.10. The SMILES string of the molecule is O=C(Nc1cccc(Br)c1)c1ccc(=O)n(Cc2cccc(F)c2)n1. The highest BCUT2D eigenvalue weighted by Gasteiger charge is 2.11. The van der Waals surface area contributed by atoms with Crippen molar-refractivity contribution in [3.8, 4) is 0 Å². The zero-order valence-electron chi connectivity index (χ0n) is 12.9. The number of benzene rings is 2. The van der Waals surface area contributed by atoms with E-state index in [1.807, 2.05) is 6.07 Å². The van der Waals surface area contributed by atoms with Gasteiger partial charge in [0, 0.05) is 16.2 Å². The molecule has 3 rings (SSSR count). The van der Waals surface area contributed by atoms with Crippen LogP contribution in [0.5, 0.6) is 0 Å². The molecule has 0 saturated carbocycles. The van der Waals surface area contributed by atoms with Gasteiger partial charge in [-0.2, -0.15) is 5.10 Å². The molecule has 7 heteroatoms. The van der Waals surface area contributed by atoms with Crippen molar-refractivity contribution in [2.45, 2.75) is 6.54 Å². The molecule has 0 spiro atoms. The van der Waals surface area contributed by atoms with E-state index in [2.05, 4.69) is 26.3 Å². The van der Waals surface area contributed by atoms with Crippen LogP contribution in [0.2, 0.25) is 0 Å². The quantitative estimate of drug-likeness (QED) is 0.727. The summed E-state index contributed by atoms with van der Waals surface area (Å²) in [5.74, 6) is -0.833. The fraction of sp³-hybridized carbons (Fsp3) is 0.0556. The second-order valence-corrected chi connectivity index (χ2v) is 6.22. The number of anilines is 1. The lowest BCUT2D eigenvalue weighted by atomic mass is 10.2. The van der Waals surface area contributed by atoms with Crippen molar-refractivity contribution in [2.24, 2.45) is 0 Å². The van der Waals surface area contributed by atoms with Gasteiger partial charge in [-0.1, -0.05) is 34.1 Å². The maximum Gasteiger partial charge on any atom is 0.276 e. The third-order valence-corrected chi connectivity index (χ3v) is 3.90. The predicted molar refractivity (Wildman–Crippen MR) is 96.1 cm³/mol. The Kier molecular flexibility index (Phi) is 5.04. The fourth-order valence-corrected chi connectivity index (χ4v) is 2.65. The van der Waals surface area contributed by atoms with Crippen LogP contribution in [0.25, 0.3) is 0 Å². The molecule has 2 aromatic carbocycles. The lowest BCUT2D eigenvalue weighted by Gasteiger charge is -2.08. The molecule has 5 nitrogen and oxygen atoms in total. The Bertz CT molecular complexity index is 988. The summed E-state index contributed by atoms with van der Waals surface area (Å²) < 4.78 is 15.2. The summed E-state index contributed by atoms with van der Waals surface area (Å²) in [4.78, 5) is 24.3. The van der Waals surface area contributed by atoms with E-state index in [0.29, 0.717) is 11.3 Å². The Labute approximate surface area is 151 Å². The number of rotatable bonds is 4. The van der Waals surface area contributed by atoms with Gasteiger partial charge in [0.25, 0.3) is 11.5 Å². The third-order valence-electron chi connectivity index (χ3n) is 3.40. The van der Waals surface area contributed by atoms with Crippen molar-refractivity contribution in [1.29, 1.82) is 0 Å². The lowest BCUT2D eigenvalue weighted by Crippen LogP contribution is -2.26. The van der Waals surface area contributed by atoms with E-state index in [-0.39, 0.29) is 17.8 Å². The first-order chi connectivity index (χ1) is 12.0. The molecule has 1 aromatic heterocycles. The summed E-state index contributed by atoms with van der Waals surface area (Å²) in [6, 6.07) is 15.6. The predicted octanol–water partition coefficient (Wildman–Crippen LogP) is 3.45. The minimum Gasteiger partial charge on any atom is -0.321 e. The van der Waals surface area contributed by atoms with Crippen molar-refractivity contribution in [3.05, 3.63) is 92.6 Å². The maximum atomic E-state index is 13.3. The van der Waals surface area contributed by atoms with Gasteiger partial charge in [0.15, 0.2) is 0 Å². The van der Waals surface area contributed by atoms with Gasteiger partial charge in [0.05, 0.1) is 6.54 Å². The molecule has 3 aromatic rings. The molecule has 0 unspecified atom stereocenters. The second-order valence-electron chi connectivity index (χ2n) is 5.31. The number of nitrogens with one attached hydrogen (secondary N) is 1. The molecule has 0 fully saturated rings. The number of amides is 1. The number of nitrogens with zero attached hydrogens (tertiary/aromatic N) is 2. The minimum atomic E-state index is -0.439. The van der Waals surface area contributed by atoms with E-state index < -0.39 is 11.7 Å². The summed E-state index contributed by atoms with van der Waals surface area (Å²) in [5, 5.41) is 6.79. The van der Waals surface area contributed by atoms with Gasteiger partial charge < -0.3 is 5.32 Å². The monoisotopic (exact) mass is 401 g/mol. The van der Waals surface area contributed by atoms with E-state index in [1.54, 1.807) is 30.3 Å². The highest BCUT2D eigenvalue weighted by Crippen LogP contribution is 2.16. The summed E-state index contributed by atoms with van der Waals surface area (Å²) in [6.45, 7) is 0.0780. The van der Waals surface area contributed by atoms with Gasteiger partial charge in [-0.25, -0.2) is 9.07 Å². The van der Waals surface area contributed by atoms with E-state index in [1.165, 1.54) is 24.3 Å². The van der Waals surface area contributed by atoms with E-state index in [9.17, 15) is 14.0 Å². The number of carbonyl (C=O) groups is 1. The van der Waals surface area contributed by atoms with Crippen LogP contribution in [-0.4, -0.2) is 15.7 Å². The van der Waals surface area contributed by atoms with Crippen molar-refractivity contribution in [1.82, 2.24) is 9.78 Å². The largest absolute Gasteiger partial charge is 0.321 e. The molecule has 0 aliphatic rings. The van der Waals surface area contributed by atoms with Crippen molar-refractivity contribution in [3.63, 3.8) is 0 Å². The Morgan fingerprint density at radius 3 is 2.68 bits per heavy atom. The molecule has 1 amide bonds. The first kappa shape index (κ1) is 17.0. The van der Waals surface area contributed by atoms with Crippen LogP contribution in [0, 0.1) is 5.82 Å². The summed E-state index contributed by atoms with van der Waals surface area (Å²) in [6.07, 6.45) is 0. The van der Waals surface area contributed by atoms with Crippen LogP contribution in [-0.2, 0) is 6.54 Å². The molecule has 0 aliphatic heterocycles. The van der Waals surface area contributed by atoms with E-state index in [4.69, 9.17) is 0 Å². The van der Waals surface area contributed by atoms with Crippen LogP contribution in [0.4, 0.5) is 10.1 Å². The first-order valence-electron chi connectivity index (χ1n) is 7.41. The number of halogens is 2. The standard InChI is InChI=1S/C18H13BrFN3O2/c19-13-4-2-6-15(10-13)21-18(25)16-7-8-17(24)23(22-16)11-12-3-1-5-14(20)9-12/h1-10H,11H2,(H,21,25). The van der Waals surface area contributed by atoms with Crippen LogP contribution >= 0.6 is 15.9 Å². The third kappa shape index (κ3) is 4.39. The molecule has 0 saturated heterocycles. The second kappa shape index (κ2) is 7.40. The zero-order valence-corrected chi connectivity index (χ0v) is 14.5. The molecule has 0 atom stereocenters. The summed E-state index contributed by atoms with van der Waals surface area (Å²) in [7, 11) is 0. The average Bonchev–Trinajstić information content (AvgIpc) is 2.57. The molecular formula is C18H13BrFN3O2. The fourth-order valence-electron chi connectivity index (χ4n) is 2.25. The number of aromatic nitrogens is 2. The van der Waals surface area contributed by atoms with Gasteiger partial charge in [-0.05, 0) is 42.0 Å². The maximum absolute atomic E-state index is 13.3. The normalized spacial score (nSPS) is 10.5. The Morgan fingerprint density at radius 2 is 1.92 bits per heavy atom. The van der Waals surface area contributed by atoms with Gasteiger partial charge in [0.2, 0.25) is 0 Å². The van der Waals surface area contributed by atoms with Crippen LogP contribution < -0.4 is 10.9 Å². The van der Waals surface area contributed by atoms with Crippen molar-refractivity contribution < 1.29 is 9.18 Å². The van der Waals surface area contributed by atoms with E-state index >= 15 is 0 Å². The molecule has 0 bridgehead atoms.